The van der Waals surface area contributed by atoms with Crippen LogP contribution in [0.25, 0.3) is 11.0 Å². The molecule has 0 aliphatic rings. The molecule has 3 rings (SSSR count). The molecule has 0 spiro atoms. The summed E-state index contributed by atoms with van der Waals surface area (Å²) in [4.78, 5) is 20.8. The SMILES string of the molecule is Cc1cccc(CNC(=O)c2nc3ccccc3nc2N)c1. The van der Waals surface area contributed by atoms with Gasteiger partial charge >= 0.3 is 0 Å². The van der Waals surface area contributed by atoms with Gasteiger partial charge in [-0.1, -0.05) is 42.0 Å². The summed E-state index contributed by atoms with van der Waals surface area (Å²) < 4.78 is 0. The number of anilines is 1. The quantitative estimate of drug-likeness (QED) is 0.777. The van der Waals surface area contributed by atoms with Crippen molar-refractivity contribution in [3.63, 3.8) is 0 Å². The predicted octanol–water partition coefficient (Wildman–Crippen LogP) is 2.45. The normalized spacial score (nSPS) is 10.6. The lowest BCUT2D eigenvalue weighted by molar-refractivity contribution is 0.0947. The van der Waals surface area contributed by atoms with Crippen molar-refractivity contribution < 1.29 is 4.79 Å². The van der Waals surface area contributed by atoms with E-state index in [2.05, 4.69) is 15.3 Å². The number of hydrogen-bond acceptors (Lipinski definition) is 4. The Morgan fingerprint density at radius 1 is 1.09 bits per heavy atom. The number of aryl methyl sites for hydroxylation is 1. The van der Waals surface area contributed by atoms with Gasteiger partial charge in [-0.15, -0.1) is 0 Å². The second-order valence-electron chi connectivity index (χ2n) is 5.12. The fraction of sp³-hybridized carbons (Fsp3) is 0.118. The molecular formula is C17H16N4O. The number of carbonyl (C=O) groups is 1. The number of aromatic nitrogens is 2. The van der Waals surface area contributed by atoms with Gasteiger partial charge in [0.1, 0.15) is 0 Å². The lowest BCUT2D eigenvalue weighted by Crippen LogP contribution is -2.25. The van der Waals surface area contributed by atoms with Gasteiger partial charge < -0.3 is 11.1 Å². The zero-order chi connectivity index (χ0) is 15.5. The van der Waals surface area contributed by atoms with Gasteiger partial charge in [0.15, 0.2) is 11.5 Å². The summed E-state index contributed by atoms with van der Waals surface area (Å²) in [5, 5.41) is 2.83. The minimum absolute atomic E-state index is 0.139. The molecule has 0 bridgehead atoms. The Bertz CT molecular complexity index is 845. The number of nitrogen functional groups attached to an aromatic ring is 1. The maximum absolute atomic E-state index is 12.3. The third-order valence-corrected chi connectivity index (χ3v) is 3.35. The van der Waals surface area contributed by atoms with Crippen molar-refractivity contribution in [1.29, 1.82) is 0 Å². The third kappa shape index (κ3) is 2.88. The van der Waals surface area contributed by atoms with Crippen molar-refractivity contribution in [1.82, 2.24) is 15.3 Å². The zero-order valence-corrected chi connectivity index (χ0v) is 12.2. The minimum Gasteiger partial charge on any atom is -0.382 e. The molecule has 0 radical (unpaired) electrons. The van der Waals surface area contributed by atoms with Crippen LogP contribution < -0.4 is 11.1 Å². The number of carbonyl (C=O) groups excluding carboxylic acids is 1. The van der Waals surface area contributed by atoms with Gasteiger partial charge in [0.05, 0.1) is 11.0 Å². The number of para-hydroxylation sites is 2. The van der Waals surface area contributed by atoms with E-state index >= 15 is 0 Å². The number of rotatable bonds is 3. The Morgan fingerprint density at radius 2 is 1.82 bits per heavy atom. The van der Waals surface area contributed by atoms with Crippen LogP contribution in [-0.4, -0.2) is 15.9 Å². The van der Waals surface area contributed by atoms with Crippen molar-refractivity contribution >= 4 is 22.8 Å². The van der Waals surface area contributed by atoms with Crippen LogP contribution in [-0.2, 0) is 6.54 Å². The summed E-state index contributed by atoms with van der Waals surface area (Å²) in [5.74, 6) is -0.183. The number of nitrogens with one attached hydrogen (secondary N) is 1. The summed E-state index contributed by atoms with van der Waals surface area (Å²) in [6.45, 7) is 2.44. The molecule has 0 fully saturated rings. The minimum atomic E-state index is -0.322. The van der Waals surface area contributed by atoms with Crippen LogP contribution in [0.2, 0.25) is 0 Å². The van der Waals surface area contributed by atoms with Crippen molar-refractivity contribution in [3.8, 4) is 0 Å². The Balaban J connectivity index is 1.81. The maximum Gasteiger partial charge on any atom is 0.274 e. The van der Waals surface area contributed by atoms with E-state index in [1.807, 2.05) is 49.4 Å². The topological polar surface area (TPSA) is 80.9 Å². The molecule has 5 nitrogen and oxygen atoms in total. The van der Waals surface area contributed by atoms with Crippen LogP contribution in [0.4, 0.5) is 5.82 Å². The lowest BCUT2D eigenvalue weighted by Gasteiger charge is -2.08. The molecular weight excluding hydrogens is 276 g/mol. The van der Waals surface area contributed by atoms with Crippen LogP contribution in [0.5, 0.6) is 0 Å². The molecule has 0 aliphatic carbocycles. The summed E-state index contributed by atoms with van der Waals surface area (Å²) in [5.41, 5.74) is 9.51. The molecule has 1 heterocycles. The average molecular weight is 292 g/mol. The average Bonchev–Trinajstić information content (AvgIpc) is 2.52. The number of fused-ring (bicyclic) bond motifs is 1. The Morgan fingerprint density at radius 3 is 2.55 bits per heavy atom. The molecule has 0 saturated carbocycles. The molecule has 0 saturated heterocycles. The van der Waals surface area contributed by atoms with E-state index in [1.54, 1.807) is 6.07 Å². The van der Waals surface area contributed by atoms with E-state index in [1.165, 1.54) is 0 Å². The molecule has 2 aromatic carbocycles. The van der Waals surface area contributed by atoms with Gasteiger partial charge in [0.25, 0.3) is 5.91 Å². The molecule has 3 N–H and O–H groups in total. The van der Waals surface area contributed by atoms with E-state index < -0.39 is 0 Å². The highest BCUT2D eigenvalue weighted by Crippen LogP contribution is 2.14. The van der Waals surface area contributed by atoms with Gasteiger partial charge in [-0.3, -0.25) is 4.79 Å². The fourth-order valence-corrected chi connectivity index (χ4v) is 2.27. The molecule has 0 aliphatic heterocycles. The van der Waals surface area contributed by atoms with Gasteiger partial charge in [0.2, 0.25) is 0 Å². The highest BCUT2D eigenvalue weighted by atomic mass is 16.1. The molecule has 110 valence electrons. The summed E-state index contributed by atoms with van der Waals surface area (Å²) in [6, 6.07) is 15.3. The molecule has 3 aromatic rings. The maximum atomic E-state index is 12.3. The second-order valence-corrected chi connectivity index (χ2v) is 5.12. The van der Waals surface area contributed by atoms with E-state index in [4.69, 9.17) is 5.73 Å². The Labute approximate surface area is 128 Å². The highest BCUT2D eigenvalue weighted by Gasteiger charge is 2.14. The second kappa shape index (κ2) is 5.81. The monoisotopic (exact) mass is 292 g/mol. The van der Waals surface area contributed by atoms with E-state index in [0.717, 1.165) is 11.1 Å². The van der Waals surface area contributed by atoms with E-state index in [-0.39, 0.29) is 17.4 Å². The molecule has 22 heavy (non-hydrogen) atoms. The predicted molar refractivity (Wildman–Crippen MR) is 86.3 cm³/mol. The van der Waals surface area contributed by atoms with Gasteiger partial charge in [-0.25, -0.2) is 9.97 Å². The van der Waals surface area contributed by atoms with Crippen LogP contribution in [0, 0.1) is 6.92 Å². The first-order valence-corrected chi connectivity index (χ1v) is 6.99. The number of benzene rings is 2. The van der Waals surface area contributed by atoms with E-state index in [9.17, 15) is 4.79 Å². The summed E-state index contributed by atoms with van der Waals surface area (Å²) in [7, 11) is 0. The van der Waals surface area contributed by atoms with Gasteiger partial charge in [-0.05, 0) is 24.6 Å². The number of amides is 1. The number of hydrogen-bond donors (Lipinski definition) is 2. The lowest BCUT2D eigenvalue weighted by atomic mass is 10.1. The smallest absolute Gasteiger partial charge is 0.274 e. The van der Waals surface area contributed by atoms with Gasteiger partial charge in [0, 0.05) is 6.54 Å². The Hall–Kier alpha value is -2.95. The van der Waals surface area contributed by atoms with Crippen LogP contribution >= 0.6 is 0 Å². The van der Waals surface area contributed by atoms with Crippen LogP contribution in [0.1, 0.15) is 21.6 Å². The fourth-order valence-electron chi connectivity index (χ4n) is 2.27. The standard InChI is InChI=1S/C17H16N4O/c1-11-5-4-6-12(9-11)10-19-17(22)15-16(18)21-14-8-3-2-7-13(14)20-15/h2-9H,10H2,1H3,(H2,18,21)(H,19,22). The molecule has 1 aromatic heterocycles. The van der Waals surface area contributed by atoms with Crippen LogP contribution in [0.15, 0.2) is 48.5 Å². The molecule has 0 atom stereocenters. The van der Waals surface area contributed by atoms with Crippen molar-refractivity contribution in [3.05, 3.63) is 65.4 Å². The van der Waals surface area contributed by atoms with Crippen molar-refractivity contribution in [2.75, 3.05) is 5.73 Å². The van der Waals surface area contributed by atoms with E-state index in [0.29, 0.717) is 17.6 Å². The van der Waals surface area contributed by atoms with Crippen LogP contribution in [0.3, 0.4) is 0 Å². The first-order chi connectivity index (χ1) is 10.6. The number of nitrogens with zero attached hydrogens (tertiary/aromatic N) is 2. The first kappa shape index (κ1) is 14.0. The molecule has 5 heteroatoms. The summed E-state index contributed by atoms with van der Waals surface area (Å²) >= 11 is 0. The van der Waals surface area contributed by atoms with Gasteiger partial charge in [-0.2, -0.15) is 0 Å². The number of nitrogens with two attached hydrogens (primary N) is 1. The largest absolute Gasteiger partial charge is 0.382 e. The Kier molecular flexibility index (Phi) is 3.70. The summed E-state index contributed by atoms with van der Waals surface area (Å²) in [6.07, 6.45) is 0. The zero-order valence-electron chi connectivity index (χ0n) is 12.2. The van der Waals surface area contributed by atoms with Crippen molar-refractivity contribution in [2.45, 2.75) is 13.5 Å². The van der Waals surface area contributed by atoms with Crippen molar-refractivity contribution in [2.24, 2.45) is 0 Å². The third-order valence-electron chi connectivity index (χ3n) is 3.35. The molecule has 0 unspecified atom stereocenters. The molecule has 1 amide bonds. The highest BCUT2D eigenvalue weighted by molar-refractivity contribution is 5.98. The first-order valence-electron chi connectivity index (χ1n) is 6.99.